The van der Waals surface area contributed by atoms with Gasteiger partial charge in [0.2, 0.25) is 0 Å². The molecule has 118 valence electrons. The standard InChI is InChI=1S/C16H25FN2O2/c1-12(20)14-10-13(17)4-5-15(14)19-8-6-18(7-9-19)11-16(2,3)21/h4-5,10,12,20-21H,6-9,11H2,1-3H3/t12-/m1/s1. The lowest BCUT2D eigenvalue weighted by molar-refractivity contribution is 0.0345. The number of hydrogen-bond donors (Lipinski definition) is 2. The number of rotatable bonds is 4. The Morgan fingerprint density at radius 1 is 1.24 bits per heavy atom. The number of aliphatic hydroxyl groups is 2. The molecular weight excluding hydrogens is 271 g/mol. The lowest BCUT2D eigenvalue weighted by Gasteiger charge is -2.39. The zero-order valence-corrected chi connectivity index (χ0v) is 13.0. The van der Waals surface area contributed by atoms with E-state index in [0.717, 1.165) is 31.9 Å². The van der Waals surface area contributed by atoms with Gasteiger partial charge < -0.3 is 15.1 Å². The summed E-state index contributed by atoms with van der Waals surface area (Å²) in [5.74, 6) is -0.324. The van der Waals surface area contributed by atoms with Crippen LogP contribution in [0.2, 0.25) is 0 Å². The Kier molecular flexibility index (Phi) is 4.86. The molecule has 21 heavy (non-hydrogen) atoms. The zero-order valence-electron chi connectivity index (χ0n) is 13.0. The Morgan fingerprint density at radius 2 is 1.86 bits per heavy atom. The Balaban J connectivity index is 2.06. The molecule has 1 fully saturated rings. The lowest BCUT2D eigenvalue weighted by Crippen LogP contribution is -2.50. The molecule has 1 saturated heterocycles. The van der Waals surface area contributed by atoms with Crippen LogP contribution in [0.3, 0.4) is 0 Å². The largest absolute Gasteiger partial charge is 0.389 e. The molecule has 0 spiro atoms. The van der Waals surface area contributed by atoms with E-state index >= 15 is 0 Å². The summed E-state index contributed by atoms with van der Waals surface area (Å²) in [6.07, 6.45) is -0.690. The van der Waals surface area contributed by atoms with Crippen molar-refractivity contribution in [1.29, 1.82) is 0 Å². The highest BCUT2D eigenvalue weighted by Crippen LogP contribution is 2.28. The van der Waals surface area contributed by atoms with Gasteiger partial charge in [-0.3, -0.25) is 4.90 Å². The van der Waals surface area contributed by atoms with Crippen molar-refractivity contribution in [2.24, 2.45) is 0 Å². The van der Waals surface area contributed by atoms with Crippen molar-refractivity contribution in [3.63, 3.8) is 0 Å². The summed E-state index contributed by atoms with van der Waals surface area (Å²) in [6, 6.07) is 4.58. The summed E-state index contributed by atoms with van der Waals surface area (Å²) in [5.41, 5.74) is 0.836. The van der Waals surface area contributed by atoms with Gasteiger partial charge in [-0.2, -0.15) is 0 Å². The zero-order chi connectivity index (χ0) is 15.6. The molecule has 1 aliphatic rings. The van der Waals surface area contributed by atoms with E-state index in [2.05, 4.69) is 9.80 Å². The predicted octanol–water partition coefficient (Wildman–Crippen LogP) is 1.77. The second-order valence-corrected chi connectivity index (χ2v) is 6.45. The summed E-state index contributed by atoms with van der Waals surface area (Å²) >= 11 is 0. The van der Waals surface area contributed by atoms with Gasteiger partial charge in [-0.05, 0) is 39.0 Å². The summed E-state index contributed by atoms with van der Waals surface area (Å²) in [5, 5.41) is 19.7. The normalized spacial score (nSPS) is 18.9. The van der Waals surface area contributed by atoms with E-state index in [9.17, 15) is 14.6 Å². The van der Waals surface area contributed by atoms with Crippen molar-refractivity contribution in [1.82, 2.24) is 4.90 Å². The number of aliphatic hydroxyl groups excluding tert-OH is 1. The van der Waals surface area contributed by atoms with E-state index in [1.807, 2.05) is 13.8 Å². The number of piperazine rings is 1. The maximum absolute atomic E-state index is 13.4. The van der Waals surface area contributed by atoms with Crippen molar-refractivity contribution in [3.05, 3.63) is 29.6 Å². The van der Waals surface area contributed by atoms with Crippen LogP contribution in [-0.4, -0.2) is 53.4 Å². The Bertz CT molecular complexity index is 478. The molecule has 0 bridgehead atoms. The molecule has 2 rings (SSSR count). The van der Waals surface area contributed by atoms with E-state index in [-0.39, 0.29) is 5.82 Å². The topological polar surface area (TPSA) is 46.9 Å². The molecule has 0 radical (unpaired) electrons. The quantitative estimate of drug-likeness (QED) is 0.889. The first-order valence-electron chi connectivity index (χ1n) is 7.43. The second-order valence-electron chi connectivity index (χ2n) is 6.45. The molecule has 1 heterocycles. The summed E-state index contributed by atoms with van der Waals surface area (Å²) in [4.78, 5) is 4.39. The Hall–Kier alpha value is -1.17. The van der Waals surface area contributed by atoms with Crippen LogP contribution in [0.1, 0.15) is 32.4 Å². The van der Waals surface area contributed by atoms with E-state index in [1.54, 1.807) is 13.0 Å². The van der Waals surface area contributed by atoms with Crippen molar-refractivity contribution in [2.75, 3.05) is 37.6 Å². The van der Waals surface area contributed by atoms with Crippen LogP contribution in [0.4, 0.5) is 10.1 Å². The number of anilines is 1. The van der Waals surface area contributed by atoms with Crippen LogP contribution in [-0.2, 0) is 0 Å². The molecule has 5 heteroatoms. The fraction of sp³-hybridized carbons (Fsp3) is 0.625. The highest BCUT2D eigenvalue weighted by Gasteiger charge is 2.24. The van der Waals surface area contributed by atoms with Crippen LogP contribution in [0.5, 0.6) is 0 Å². The maximum Gasteiger partial charge on any atom is 0.123 e. The third-order valence-electron chi connectivity index (χ3n) is 3.76. The minimum absolute atomic E-state index is 0.324. The SMILES string of the molecule is C[C@@H](O)c1cc(F)ccc1N1CCN(CC(C)(C)O)CC1. The average molecular weight is 296 g/mol. The van der Waals surface area contributed by atoms with E-state index in [0.29, 0.717) is 12.1 Å². The van der Waals surface area contributed by atoms with E-state index < -0.39 is 11.7 Å². The first-order chi connectivity index (χ1) is 9.76. The maximum atomic E-state index is 13.4. The van der Waals surface area contributed by atoms with Crippen LogP contribution in [0.15, 0.2) is 18.2 Å². The highest BCUT2D eigenvalue weighted by atomic mass is 19.1. The minimum Gasteiger partial charge on any atom is -0.389 e. The molecule has 1 aliphatic heterocycles. The van der Waals surface area contributed by atoms with Crippen LogP contribution in [0, 0.1) is 5.82 Å². The van der Waals surface area contributed by atoms with Gasteiger partial charge in [0.15, 0.2) is 0 Å². The van der Waals surface area contributed by atoms with Gasteiger partial charge in [-0.15, -0.1) is 0 Å². The number of hydrogen-bond acceptors (Lipinski definition) is 4. The van der Waals surface area contributed by atoms with Crippen molar-refractivity contribution < 1.29 is 14.6 Å². The van der Waals surface area contributed by atoms with E-state index in [1.165, 1.54) is 12.1 Å². The fourth-order valence-electron chi connectivity index (χ4n) is 2.84. The molecule has 0 amide bonds. The van der Waals surface area contributed by atoms with Crippen LogP contribution in [0.25, 0.3) is 0 Å². The van der Waals surface area contributed by atoms with Gasteiger partial charge in [0.05, 0.1) is 11.7 Å². The molecule has 2 N–H and O–H groups in total. The van der Waals surface area contributed by atoms with Crippen molar-refractivity contribution >= 4 is 5.69 Å². The van der Waals surface area contributed by atoms with Gasteiger partial charge in [0.1, 0.15) is 5.82 Å². The molecule has 4 nitrogen and oxygen atoms in total. The van der Waals surface area contributed by atoms with Crippen LogP contribution < -0.4 is 4.90 Å². The first-order valence-corrected chi connectivity index (χ1v) is 7.43. The molecule has 0 aliphatic carbocycles. The Morgan fingerprint density at radius 3 is 2.38 bits per heavy atom. The van der Waals surface area contributed by atoms with Gasteiger partial charge in [-0.25, -0.2) is 4.39 Å². The van der Waals surface area contributed by atoms with Gasteiger partial charge in [0.25, 0.3) is 0 Å². The lowest BCUT2D eigenvalue weighted by atomic mass is 10.1. The third-order valence-corrected chi connectivity index (χ3v) is 3.76. The Labute approximate surface area is 125 Å². The fourth-order valence-corrected chi connectivity index (χ4v) is 2.84. The van der Waals surface area contributed by atoms with Crippen molar-refractivity contribution in [3.8, 4) is 0 Å². The van der Waals surface area contributed by atoms with E-state index in [4.69, 9.17) is 0 Å². The van der Waals surface area contributed by atoms with Gasteiger partial charge >= 0.3 is 0 Å². The number of benzene rings is 1. The first kappa shape index (κ1) is 16.2. The minimum atomic E-state index is -0.692. The summed E-state index contributed by atoms with van der Waals surface area (Å²) < 4.78 is 13.4. The smallest absolute Gasteiger partial charge is 0.123 e. The number of β-amino-alcohol motifs (C(OH)–C–C–N with tert-alkyl or cyclic N) is 1. The summed E-state index contributed by atoms with van der Waals surface area (Å²) in [6.45, 7) is 9.23. The average Bonchev–Trinajstić information content (AvgIpc) is 2.38. The molecular formula is C16H25FN2O2. The molecule has 1 atom stereocenters. The van der Waals surface area contributed by atoms with Gasteiger partial charge in [0, 0.05) is 44.0 Å². The monoisotopic (exact) mass is 296 g/mol. The summed E-state index contributed by atoms with van der Waals surface area (Å²) in [7, 11) is 0. The highest BCUT2D eigenvalue weighted by molar-refractivity contribution is 5.55. The third kappa shape index (κ3) is 4.40. The molecule has 1 aromatic rings. The number of nitrogens with zero attached hydrogens (tertiary/aromatic N) is 2. The molecule has 0 aromatic heterocycles. The van der Waals surface area contributed by atoms with Crippen molar-refractivity contribution in [2.45, 2.75) is 32.5 Å². The van der Waals surface area contributed by atoms with Gasteiger partial charge in [-0.1, -0.05) is 0 Å². The predicted molar refractivity (Wildman–Crippen MR) is 82.0 cm³/mol. The molecule has 0 unspecified atom stereocenters. The second kappa shape index (κ2) is 6.30. The molecule has 1 aromatic carbocycles. The van der Waals surface area contributed by atoms with Crippen LogP contribution >= 0.6 is 0 Å². The molecule has 0 saturated carbocycles. The number of halogens is 1.